The Morgan fingerprint density at radius 1 is 0.968 bits per heavy atom. The van der Waals surface area contributed by atoms with Crippen LogP contribution in [-0.2, 0) is 0 Å². The monoisotopic (exact) mass is 448 g/mol. The molecule has 1 N–H and O–H groups in total. The van der Waals surface area contributed by atoms with Gasteiger partial charge in [0.15, 0.2) is 0 Å². The van der Waals surface area contributed by atoms with E-state index in [-0.39, 0.29) is 10.9 Å². The van der Waals surface area contributed by atoms with E-state index < -0.39 is 5.82 Å². The molecule has 154 valence electrons. The standard InChI is InChI=1S/C25H18ClFN2OS/c1-31-19-9-11-21(22(15-19)20-10-8-17(27)14-23(20)26)25(30)29-18-6-4-5-16(13-18)24-7-2-3-12-28-24/h2-15H,1H3,(H,29,30). The minimum atomic E-state index is -0.424. The molecule has 1 amide bonds. The van der Waals surface area contributed by atoms with Crippen molar-refractivity contribution in [1.29, 1.82) is 0 Å². The van der Waals surface area contributed by atoms with Crippen molar-refractivity contribution in [3.05, 3.63) is 101 Å². The number of thioether (sulfide) groups is 1. The molecule has 0 saturated carbocycles. The summed E-state index contributed by atoms with van der Waals surface area (Å²) in [6.07, 6.45) is 3.68. The summed E-state index contributed by atoms with van der Waals surface area (Å²) in [6.45, 7) is 0. The number of carbonyl (C=O) groups is 1. The lowest BCUT2D eigenvalue weighted by atomic mass is 9.98. The van der Waals surface area contributed by atoms with Crippen LogP contribution in [0.3, 0.4) is 0 Å². The molecule has 0 unspecified atom stereocenters. The van der Waals surface area contributed by atoms with Crippen LogP contribution in [0.15, 0.2) is 90.0 Å². The molecule has 0 saturated heterocycles. The molecule has 0 spiro atoms. The Labute approximate surface area is 189 Å². The highest BCUT2D eigenvalue weighted by Crippen LogP contribution is 2.34. The first-order valence-corrected chi connectivity index (χ1v) is 11.1. The average Bonchev–Trinajstić information content (AvgIpc) is 2.79. The molecule has 1 heterocycles. The van der Waals surface area contributed by atoms with E-state index in [0.717, 1.165) is 16.2 Å². The SMILES string of the molecule is CSc1ccc(C(=O)Nc2cccc(-c3ccccn3)c2)c(-c2ccc(F)cc2Cl)c1. The van der Waals surface area contributed by atoms with E-state index in [2.05, 4.69) is 10.3 Å². The Morgan fingerprint density at radius 3 is 2.58 bits per heavy atom. The second-order valence-corrected chi connectivity index (χ2v) is 8.07. The van der Waals surface area contributed by atoms with Gasteiger partial charge in [0.05, 0.1) is 10.7 Å². The zero-order valence-electron chi connectivity index (χ0n) is 16.6. The Bertz CT molecular complexity index is 1250. The Kier molecular flexibility index (Phi) is 6.35. The fourth-order valence-corrected chi connectivity index (χ4v) is 3.98. The Balaban J connectivity index is 1.69. The second kappa shape index (κ2) is 9.33. The van der Waals surface area contributed by atoms with Gasteiger partial charge >= 0.3 is 0 Å². The van der Waals surface area contributed by atoms with Gasteiger partial charge in [0.2, 0.25) is 0 Å². The molecule has 31 heavy (non-hydrogen) atoms. The maximum absolute atomic E-state index is 13.6. The summed E-state index contributed by atoms with van der Waals surface area (Å²) in [5.41, 5.74) is 4.08. The van der Waals surface area contributed by atoms with Crippen molar-refractivity contribution < 1.29 is 9.18 Å². The minimum absolute atomic E-state index is 0.254. The maximum Gasteiger partial charge on any atom is 0.256 e. The fraction of sp³-hybridized carbons (Fsp3) is 0.0400. The van der Waals surface area contributed by atoms with Gasteiger partial charge in [-0.2, -0.15) is 0 Å². The van der Waals surface area contributed by atoms with Crippen LogP contribution in [0, 0.1) is 5.82 Å². The van der Waals surface area contributed by atoms with Gasteiger partial charge in [-0.15, -0.1) is 11.8 Å². The molecular weight excluding hydrogens is 431 g/mol. The van der Waals surface area contributed by atoms with Gasteiger partial charge in [-0.3, -0.25) is 9.78 Å². The van der Waals surface area contributed by atoms with E-state index in [1.165, 1.54) is 12.1 Å². The molecule has 0 aliphatic rings. The summed E-state index contributed by atoms with van der Waals surface area (Å²) in [5.74, 6) is -0.701. The molecule has 0 bridgehead atoms. The van der Waals surface area contributed by atoms with Gasteiger partial charge in [0.1, 0.15) is 5.82 Å². The molecular formula is C25H18ClFN2OS. The molecule has 6 heteroatoms. The van der Waals surface area contributed by atoms with Crippen molar-refractivity contribution in [3.63, 3.8) is 0 Å². The van der Waals surface area contributed by atoms with E-state index >= 15 is 0 Å². The first kappa shape index (κ1) is 21.1. The lowest BCUT2D eigenvalue weighted by Crippen LogP contribution is -2.13. The number of carbonyl (C=O) groups excluding carboxylic acids is 1. The molecule has 0 aliphatic carbocycles. The number of aromatic nitrogens is 1. The third-order valence-corrected chi connectivity index (χ3v) is 5.81. The van der Waals surface area contributed by atoms with Crippen LogP contribution in [0.1, 0.15) is 10.4 Å². The predicted octanol–water partition coefficient (Wildman–Crippen LogP) is 7.18. The number of nitrogens with zero attached hydrogens (tertiary/aromatic N) is 1. The molecule has 1 aromatic heterocycles. The topological polar surface area (TPSA) is 42.0 Å². The molecule has 4 rings (SSSR count). The van der Waals surface area contributed by atoms with Gasteiger partial charge in [0, 0.05) is 33.5 Å². The number of nitrogens with one attached hydrogen (secondary N) is 1. The molecule has 3 nitrogen and oxygen atoms in total. The zero-order chi connectivity index (χ0) is 21.8. The number of anilines is 1. The van der Waals surface area contributed by atoms with Crippen molar-refractivity contribution in [2.24, 2.45) is 0 Å². The number of halogens is 2. The molecule has 3 aromatic carbocycles. The predicted molar refractivity (Wildman–Crippen MR) is 126 cm³/mol. The van der Waals surface area contributed by atoms with Crippen molar-refractivity contribution in [3.8, 4) is 22.4 Å². The normalized spacial score (nSPS) is 10.7. The van der Waals surface area contributed by atoms with Gasteiger partial charge in [-0.05, 0) is 72.5 Å². The second-order valence-electron chi connectivity index (χ2n) is 6.79. The number of pyridine rings is 1. The molecule has 0 radical (unpaired) electrons. The number of hydrogen-bond acceptors (Lipinski definition) is 3. The van der Waals surface area contributed by atoms with E-state index in [0.29, 0.717) is 22.4 Å². The highest BCUT2D eigenvalue weighted by Gasteiger charge is 2.17. The molecule has 0 fully saturated rings. The average molecular weight is 449 g/mol. The van der Waals surface area contributed by atoms with Crippen LogP contribution >= 0.6 is 23.4 Å². The van der Waals surface area contributed by atoms with Crippen molar-refractivity contribution in [2.45, 2.75) is 4.90 Å². The van der Waals surface area contributed by atoms with Crippen molar-refractivity contribution in [2.75, 3.05) is 11.6 Å². The first-order chi connectivity index (χ1) is 15.0. The maximum atomic E-state index is 13.6. The summed E-state index contributed by atoms with van der Waals surface area (Å²) >= 11 is 7.85. The number of amides is 1. The smallest absolute Gasteiger partial charge is 0.256 e. The first-order valence-electron chi connectivity index (χ1n) is 9.51. The molecule has 4 aromatic rings. The third kappa shape index (κ3) is 4.79. The van der Waals surface area contributed by atoms with Crippen molar-refractivity contribution in [1.82, 2.24) is 4.98 Å². The van der Waals surface area contributed by atoms with Crippen LogP contribution in [0.5, 0.6) is 0 Å². The largest absolute Gasteiger partial charge is 0.322 e. The van der Waals surface area contributed by atoms with Gasteiger partial charge < -0.3 is 5.32 Å². The van der Waals surface area contributed by atoms with E-state index in [1.807, 2.05) is 60.9 Å². The summed E-state index contributed by atoms with van der Waals surface area (Å²) in [5, 5.41) is 3.21. The van der Waals surface area contributed by atoms with Gasteiger partial charge in [0.25, 0.3) is 5.91 Å². The van der Waals surface area contributed by atoms with Crippen LogP contribution in [0.2, 0.25) is 5.02 Å². The Morgan fingerprint density at radius 2 is 1.84 bits per heavy atom. The van der Waals surface area contributed by atoms with Gasteiger partial charge in [-0.1, -0.05) is 29.8 Å². The van der Waals surface area contributed by atoms with Gasteiger partial charge in [-0.25, -0.2) is 4.39 Å². The number of rotatable bonds is 5. The highest BCUT2D eigenvalue weighted by molar-refractivity contribution is 7.98. The summed E-state index contributed by atoms with van der Waals surface area (Å²) in [4.78, 5) is 18.5. The zero-order valence-corrected chi connectivity index (χ0v) is 18.2. The van der Waals surface area contributed by atoms with E-state index in [9.17, 15) is 9.18 Å². The van der Waals surface area contributed by atoms with E-state index in [1.54, 1.807) is 30.1 Å². The highest BCUT2D eigenvalue weighted by atomic mass is 35.5. The quantitative estimate of drug-likeness (QED) is 0.329. The number of benzene rings is 3. The lowest BCUT2D eigenvalue weighted by molar-refractivity contribution is 0.102. The van der Waals surface area contributed by atoms with E-state index in [4.69, 9.17) is 11.6 Å². The fourth-order valence-electron chi connectivity index (χ4n) is 3.27. The summed E-state index contributed by atoms with van der Waals surface area (Å²) in [7, 11) is 0. The van der Waals surface area contributed by atoms with Crippen LogP contribution in [0.4, 0.5) is 10.1 Å². The minimum Gasteiger partial charge on any atom is -0.322 e. The van der Waals surface area contributed by atoms with Crippen LogP contribution < -0.4 is 5.32 Å². The molecule has 0 atom stereocenters. The van der Waals surface area contributed by atoms with Crippen molar-refractivity contribution >= 4 is 35.0 Å². The summed E-state index contributed by atoms with van der Waals surface area (Å²) in [6, 6.07) is 22.9. The summed E-state index contributed by atoms with van der Waals surface area (Å²) < 4.78 is 13.6. The van der Waals surface area contributed by atoms with Crippen LogP contribution in [0.25, 0.3) is 22.4 Å². The molecule has 0 aliphatic heterocycles. The Hall–Kier alpha value is -3.15. The number of hydrogen-bond donors (Lipinski definition) is 1. The van der Waals surface area contributed by atoms with Crippen LogP contribution in [-0.4, -0.2) is 17.1 Å². The lowest BCUT2D eigenvalue weighted by Gasteiger charge is -2.14. The third-order valence-electron chi connectivity index (χ3n) is 4.77.